The molecule has 0 saturated carbocycles. The number of hydrogen-bond donors (Lipinski definition) is 21. The van der Waals surface area contributed by atoms with Gasteiger partial charge in [0, 0.05) is 98.8 Å². The van der Waals surface area contributed by atoms with Gasteiger partial charge in [-0.3, -0.25) is 20.0 Å². The molecular formula is C50H82N6O18. The molecular weight excluding hydrogens is 973 g/mol. The zero-order valence-corrected chi connectivity index (χ0v) is 41.9. The molecule has 1 fully saturated rings. The van der Waals surface area contributed by atoms with E-state index in [2.05, 4.69) is 30.7 Å². The molecule has 24 nitrogen and oxygen atoms in total. The van der Waals surface area contributed by atoms with Crippen LogP contribution in [0, 0.1) is 6.92 Å². The lowest BCUT2D eigenvalue weighted by atomic mass is 10.0. The Morgan fingerprint density at radius 1 is 0.419 bits per heavy atom. The van der Waals surface area contributed by atoms with E-state index in [0.29, 0.717) is 105 Å². The van der Waals surface area contributed by atoms with Gasteiger partial charge in [-0.15, -0.1) is 0 Å². The third-order valence-corrected chi connectivity index (χ3v) is 13.4. The molecule has 12 unspecified atom stereocenters. The largest absolute Gasteiger partial charge is 0.507 e. The van der Waals surface area contributed by atoms with Gasteiger partial charge in [0.25, 0.3) is 0 Å². The summed E-state index contributed by atoms with van der Waals surface area (Å²) < 4.78 is 0. The van der Waals surface area contributed by atoms with Gasteiger partial charge >= 0.3 is 0 Å². The molecule has 24 heteroatoms. The van der Waals surface area contributed by atoms with Crippen LogP contribution in [0.1, 0.15) is 51.8 Å². The summed E-state index contributed by atoms with van der Waals surface area (Å²) in [5, 5.41) is 192. The molecule has 0 aromatic heterocycles. The van der Waals surface area contributed by atoms with Crippen molar-refractivity contribution in [1.29, 1.82) is 0 Å². The van der Waals surface area contributed by atoms with Gasteiger partial charge in [0.05, 0.1) is 32.0 Å². The Morgan fingerprint density at radius 2 is 0.757 bits per heavy atom. The molecule has 1 saturated heterocycles. The minimum atomic E-state index is -1.85. The van der Waals surface area contributed by atoms with Crippen molar-refractivity contribution >= 4 is 0 Å². The zero-order chi connectivity index (χ0) is 54.6. The summed E-state index contributed by atoms with van der Waals surface area (Å²) in [7, 11) is 0. The smallest absolute Gasteiger partial charge is 0.134 e. The number of phenolic OH excluding ortho intramolecular Hbond substituents is 3. The molecule has 74 heavy (non-hydrogen) atoms. The highest BCUT2D eigenvalue weighted by Gasteiger charge is 2.32. The number of nitrogens with zero attached hydrogens (tertiary/aromatic N) is 3. The summed E-state index contributed by atoms with van der Waals surface area (Å²) in [6.07, 6.45) is -19.1. The molecule has 0 radical (unpaired) electrons. The highest BCUT2D eigenvalue weighted by atomic mass is 16.4. The highest BCUT2D eigenvalue weighted by molar-refractivity contribution is 5.44. The molecule has 3 aromatic carbocycles. The van der Waals surface area contributed by atoms with Crippen LogP contribution >= 0.6 is 0 Å². The SMILES string of the molecule is Cc1cc(CNCC(O)C(O)C(O)C(O)CO)c(O)c(CN2CCCN(Cc3cccc(CNCC(O)C(O)C(O)C(O)CO)c3O)CCN(Cc3cccc(CNC(O)C(O)C(O)C(O)CO)c3O)CCC2)c1. The van der Waals surface area contributed by atoms with Crippen molar-refractivity contribution in [1.82, 2.24) is 30.7 Å². The Bertz CT molecular complexity index is 2100. The zero-order valence-electron chi connectivity index (χ0n) is 41.9. The van der Waals surface area contributed by atoms with Gasteiger partial charge in [-0.2, -0.15) is 0 Å². The first-order valence-corrected chi connectivity index (χ1v) is 24.9. The van der Waals surface area contributed by atoms with Crippen molar-refractivity contribution in [2.75, 3.05) is 72.2 Å². The Labute approximate surface area is 430 Å². The maximum atomic E-state index is 11.5. The predicted octanol–water partition coefficient (Wildman–Crippen LogP) is -5.75. The Hall–Kier alpha value is -3.78. The second-order valence-electron chi connectivity index (χ2n) is 19.2. The summed E-state index contributed by atoms with van der Waals surface area (Å²) in [6, 6.07) is 14.1. The fourth-order valence-corrected chi connectivity index (χ4v) is 8.81. The lowest BCUT2D eigenvalue weighted by Gasteiger charge is -2.28. The van der Waals surface area contributed by atoms with Gasteiger partial charge in [0.2, 0.25) is 0 Å². The van der Waals surface area contributed by atoms with Crippen molar-refractivity contribution in [2.24, 2.45) is 0 Å². The van der Waals surface area contributed by atoms with Gasteiger partial charge in [0.1, 0.15) is 78.4 Å². The van der Waals surface area contributed by atoms with Gasteiger partial charge < -0.3 is 103 Å². The predicted molar refractivity (Wildman–Crippen MR) is 268 cm³/mol. The number of aliphatic hydroxyl groups excluding tert-OH is 15. The second-order valence-corrected chi connectivity index (χ2v) is 19.2. The third kappa shape index (κ3) is 18.7. The fraction of sp³-hybridized carbons (Fsp3) is 0.640. The van der Waals surface area contributed by atoms with Crippen molar-refractivity contribution < 1.29 is 91.9 Å². The molecule has 3 aromatic rings. The lowest BCUT2D eigenvalue weighted by Crippen LogP contribution is -2.51. The first-order valence-electron chi connectivity index (χ1n) is 24.9. The number of aliphatic hydroxyl groups is 15. The minimum Gasteiger partial charge on any atom is -0.507 e. The molecule has 0 aliphatic carbocycles. The highest BCUT2D eigenvalue weighted by Crippen LogP contribution is 2.29. The van der Waals surface area contributed by atoms with E-state index < -0.39 is 93.2 Å². The van der Waals surface area contributed by atoms with E-state index in [1.165, 1.54) is 0 Å². The van der Waals surface area contributed by atoms with E-state index >= 15 is 0 Å². The average molecular weight is 1060 g/mol. The summed E-state index contributed by atoms with van der Waals surface area (Å²) >= 11 is 0. The van der Waals surface area contributed by atoms with Crippen LogP contribution in [-0.4, -0.2) is 252 Å². The number of para-hydroxylation sites is 2. The third-order valence-electron chi connectivity index (χ3n) is 13.4. The number of aromatic hydroxyl groups is 3. The number of aryl methyl sites for hydroxylation is 1. The van der Waals surface area contributed by atoms with Crippen LogP contribution in [0.3, 0.4) is 0 Å². The molecule has 1 aliphatic rings. The molecule has 12 atom stereocenters. The maximum Gasteiger partial charge on any atom is 0.134 e. The summed E-state index contributed by atoms with van der Waals surface area (Å²) in [5.41, 5.74) is 4.08. The maximum absolute atomic E-state index is 11.5. The van der Waals surface area contributed by atoms with Gasteiger partial charge in [-0.1, -0.05) is 54.1 Å². The number of phenols is 3. The van der Waals surface area contributed by atoms with Crippen molar-refractivity contribution in [2.45, 2.75) is 132 Å². The summed E-state index contributed by atoms with van der Waals surface area (Å²) in [4.78, 5) is 6.59. The molecule has 1 heterocycles. The molecule has 21 N–H and O–H groups in total. The quantitative estimate of drug-likeness (QED) is 0.0288. The van der Waals surface area contributed by atoms with Gasteiger partial charge in [0.15, 0.2) is 0 Å². The first kappa shape index (κ1) is 62.8. The van der Waals surface area contributed by atoms with Crippen molar-refractivity contribution in [3.05, 3.63) is 87.5 Å². The van der Waals surface area contributed by atoms with Crippen LogP contribution in [0.25, 0.3) is 0 Å². The summed E-state index contributed by atoms with van der Waals surface area (Å²) in [5.74, 6) is -0.0220. The molecule has 0 spiro atoms. The molecule has 420 valence electrons. The number of rotatable bonds is 29. The van der Waals surface area contributed by atoms with Crippen molar-refractivity contribution in [3.8, 4) is 17.2 Å². The van der Waals surface area contributed by atoms with Gasteiger partial charge in [-0.25, -0.2) is 0 Å². The van der Waals surface area contributed by atoms with Crippen LogP contribution in [0.5, 0.6) is 17.2 Å². The normalized spacial score (nSPS) is 19.8. The standard InChI is InChI=1S/C50H82N6O18/c1-29-16-34(19-52-22-37(61)45(69)47(71)39(63)27-58)43(67)35(17-29)25-54-10-4-12-55(23-32-8-2-6-30(41(32)65)18-51-21-36(60)44(68)46(70)38(62)26-57)14-15-56(13-5-11-54)24-33-9-3-7-31(42(33)66)20-53-50(74)49(73)48(72)40(64)28-59/h2-3,6-9,16-17,36-40,44-53,57-74H,4-5,10-15,18-28H2,1H3. The van der Waals surface area contributed by atoms with E-state index in [0.717, 1.165) is 5.56 Å². The van der Waals surface area contributed by atoms with E-state index in [4.69, 9.17) is 15.3 Å². The Balaban J connectivity index is 1.53. The second kappa shape index (κ2) is 31.4. The molecule has 4 rings (SSSR count). The number of benzene rings is 3. The fourth-order valence-electron chi connectivity index (χ4n) is 8.81. The van der Waals surface area contributed by atoms with Crippen LogP contribution in [0.2, 0.25) is 0 Å². The topological polar surface area (TPSA) is 410 Å². The van der Waals surface area contributed by atoms with Crippen LogP contribution in [0.4, 0.5) is 0 Å². The number of nitrogens with one attached hydrogen (secondary N) is 3. The van der Waals surface area contributed by atoms with Crippen LogP contribution in [0.15, 0.2) is 48.5 Å². The number of hydrogen-bond acceptors (Lipinski definition) is 24. The molecule has 0 bridgehead atoms. The van der Waals surface area contributed by atoms with Crippen molar-refractivity contribution in [3.63, 3.8) is 0 Å². The molecule has 0 amide bonds. The molecule has 1 aliphatic heterocycles. The van der Waals surface area contributed by atoms with E-state index in [-0.39, 0.29) is 50.0 Å². The van der Waals surface area contributed by atoms with Gasteiger partial charge in [-0.05, 0) is 45.9 Å². The van der Waals surface area contributed by atoms with Crippen LogP contribution < -0.4 is 16.0 Å². The monoisotopic (exact) mass is 1050 g/mol. The average Bonchev–Trinajstić information content (AvgIpc) is 3.43. The first-order chi connectivity index (χ1) is 35.2. The summed E-state index contributed by atoms with van der Waals surface area (Å²) in [6.45, 7) is 3.47. The lowest BCUT2D eigenvalue weighted by molar-refractivity contribution is -0.122. The van der Waals surface area contributed by atoms with E-state index in [1.54, 1.807) is 42.5 Å². The Kier molecular flexibility index (Phi) is 26.7. The van der Waals surface area contributed by atoms with Crippen LogP contribution in [-0.2, 0) is 39.3 Å². The Morgan fingerprint density at radius 3 is 1.20 bits per heavy atom. The van der Waals surface area contributed by atoms with E-state index in [1.807, 2.05) is 13.0 Å². The van der Waals surface area contributed by atoms with E-state index in [9.17, 15) is 76.6 Å². The minimum absolute atomic E-state index is 0.00892.